The molecule has 2 aliphatic heterocycles. The lowest BCUT2D eigenvalue weighted by atomic mass is 9.77. The Morgan fingerprint density at radius 2 is 1.93 bits per heavy atom. The molecule has 0 radical (unpaired) electrons. The van der Waals surface area contributed by atoms with Gasteiger partial charge in [0.1, 0.15) is 11.9 Å². The standard InChI is InChI=1S/C22H33BO6/c1-7-8-13-26-19(24)22(6,25)18-12-9-15-14-16(10-11-17(15)27-18)23-28-20(2,3)21(4,5)29-23/h10-11,14,18,25H,7-9,12-13H2,1-6H3/t18-,22+/m1/s1. The lowest BCUT2D eigenvalue weighted by Crippen LogP contribution is -2.52. The van der Waals surface area contributed by atoms with Crippen LogP contribution in [0.3, 0.4) is 0 Å². The number of aryl methyl sites for hydroxylation is 1. The zero-order valence-electron chi connectivity index (χ0n) is 18.4. The fourth-order valence-corrected chi connectivity index (χ4v) is 3.52. The molecular formula is C22H33BO6. The lowest BCUT2D eigenvalue weighted by molar-refractivity contribution is -0.174. The van der Waals surface area contributed by atoms with Gasteiger partial charge in [-0.15, -0.1) is 0 Å². The molecule has 6 nitrogen and oxygen atoms in total. The van der Waals surface area contributed by atoms with Crippen molar-refractivity contribution >= 4 is 18.6 Å². The first kappa shape index (κ1) is 22.1. The number of carbonyl (C=O) groups is 1. The number of fused-ring (bicyclic) bond motifs is 1. The summed E-state index contributed by atoms with van der Waals surface area (Å²) in [6.45, 7) is 11.9. The van der Waals surface area contributed by atoms with Crippen LogP contribution in [-0.4, -0.2) is 47.7 Å². The number of carbonyl (C=O) groups excluding carboxylic acids is 1. The van der Waals surface area contributed by atoms with Gasteiger partial charge in [0, 0.05) is 0 Å². The van der Waals surface area contributed by atoms with E-state index < -0.39 is 36.0 Å². The van der Waals surface area contributed by atoms with Crippen LogP contribution < -0.4 is 10.2 Å². The minimum absolute atomic E-state index is 0.312. The molecule has 2 aliphatic rings. The van der Waals surface area contributed by atoms with Crippen molar-refractivity contribution in [2.24, 2.45) is 0 Å². The van der Waals surface area contributed by atoms with Gasteiger partial charge in [-0.25, -0.2) is 4.79 Å². The highest BCUT2D eigenvalue weighted by atomic mass is 16.7. The third-order valence-corrected chi connectivity index (χ3v) is 6.33. The molecule has 0 bridgehead atoms. The number of rotatable bonds is 6. The van der Waals surface area contributed by atoms with Crippen molar-refractivity contribution in [2.75, 3.05) is 6.61 Å². The van der Waals surface area contributed by atoms with E-state index in [0.717, 1.165) is 23.9 Å². The van der Waals surface area contributed by atoms with Crippen molar-refractivity contribution in [2.45, 2.75) is 90.1 Å². The summed E-state index contributed by atoms with van der Waals surface area (Å²) in [5.41, 5.74) is -0.521. The van der Waals surface area contributed by atoms with Crippen LogP contribution in [0.5, 0.6) is 5.75 Å². The second kappa shape index (κ2) is 7.93. The fraction of sp³-hybridized carbons (Fsp3) is 0.682. The van der Waals surface area contributed by atoms with E-state index in [0.29, 0.717) is 25.2 Å². The lowest BCUT2D eigenvalue weighted by Gasteiger charge is -2.35. The summed E-state index contributed by atoms with van der Waals surface area (Å²) in [6.07, 6.45) is 2.26. The number of hydrogen-bond donors (Lipinski definition) is 1. The zero-order valence-corrected chi connectivity index (χ0v) is 18.4. The van der Waals surface area contributed by atoms with Crippen LogP contribution >= 0.6 is 0 Å². The summed E-state index contributed by atoms with van der Waals surface area (Å²) in [6, 6.07) is 5.81. The van der Waals surface area contributed by atoms with Gasteiger partial charge in [-0.1, -0.05) is 25.5 Å². The monoisotopic (exact) mass is 404 g/mol. The Morgan fingerprint density at radius 1 is 1.28 bits per heavy atom. The molecule has 1 aromatic carbocycles. The molecular weight excluding hydrogens is 371 g/mol. The van der Waals surface area contributed by atoms with E-state index in [1.54, 1.807) is 0 Å². The van der Waals surface area contributed by atoms with E-state index in [2.05, 4.69) is 0 Å². The number of unbranched alkanes of at least 4 members (excludes halogenated alkanes) is 1. The van der Waals surface area contributed by atoms with Gasteiger partial charge in [0.05, 0.1) is 17.8 Å². The van der Waals surface area contributed by atoms with Crippen LogP contribution in [0.4, 0.5) is 0 Å². The molecule has 0 aromatic heterocycles. The Morgan fingerprint density at radius 3 is 2.55 bits per heavy atom. The van der Waals surface area contributed by atoms with Gasteiger partial charge >= 0.3 is 13.1 Å². The summed E-state index contributed by atoms with van der Waals surface area (Å²) in [4.78, 5) is 12.3. The normalized spacial score (nSPS) is 24.4. The molecule has 2 atom stereocenters. The van der Waals surface area contributed by atoms with E-state index in [-0.39, 0.29) is 0 Å². The predicted molar refractivity (Wildman–Crippen MR) is 111 cm³/mol. The minimum atomic E-state index is -1.68. The second-order valence-corrected chi connectivity index (χ2v) is 9.24. The maximum atomic E-state index is 12.3. The smallest absolute Gasteiger partial charge is 0.486 e. The summed E-state index contributed by atoms with van der Waals surface area (Å²) >= 11 is 0. The van der Waals surface area contributed by atoms with Gasteiger partial charge in [-0.05, 0) is 71.0 Å². The van der Waals surface area contributed by atoms with Crippen LogP contribution in [0, 0.1) is 0 Å². The van der Waals surface area contributed by atoms with E-state index in [9.17, 15) is 9.90 Å². The molecule has 0 aliphatic carbocycles. The van der Waals surface area contributed by atoms with Crippen molar-refractivity contribution in [1.29, 1.82) is 0 Å². The minimum Gasteiger partial charge on any atom is -0.486 e. The first-order chi connectivity index (χ1) is 13.5. The third kappa shape index (κ3) is 4.32. The molecule has 0 spiro atoms. The van der Waals surface area contributed by atoms with Gasteiger partial charge in [0.25, 0.3) is 0 Å². The predicted octanol–water partition coefficient (Wildman–Crippen LogP) is 2.77. The molecule has 7 heteroatoms. The summed E-state index contributed by atoms with van der Waals surface area (Å²) < 4.78 is 23.5. The highest BCUT2D eigenvalue weighted by Crippen LogP contribution is 2.37. The number of benzene rings is 1. The number of aliphatic hydroxyl groups is 1. The van der Waals surface area contributed by atoms with Crippen LogP contribution in [0.2, 0.25) is 0 Å². The Bertz CT molecular complexity index is 742. The van der Waals surface area contributed by atoms with Gasteiger partial charge in [-0.3, -0.25) is 0 Å². The molecule has 0 unspecified atom stereocenters. The Balaban J connectivity index is 1.70. The molecule has 160 valence electrons. The molecule has 0 amide bonds. The fourth-order valence-electron chi connectivity index (χ4n) is 3.52. The molecule has 1 saturated heterocycles. The first-order valence-corrected chi connectivity index (χ1v) is 10.5. The number of esters is 1. The second-order valence-electron chi connectivity index (χ2n) is 9.24. The van der Waals surface area contributed by atoms with Crippen molar-refractivity contribution in [1.82, 2.24) is 0 Å². The van der Waals surface area contributed by atoms with E-state index in [4.69, 9.17) is 18.8 Å². The SMILES string of the molecule is CCCCOC(=O)[C@@](C)(O)[C@H]1CCc2cc(B3OC(C)(C)C(C)(C)O3)ccc2O1. The van der Waals surface area contributed by atoms with Crippen molar-refractivity contribution < 1.29 is 28.7 Å². The largest absolute Gasteiger partial charge is 0.494 e. The van der Waals surface area contributed by atoms with Gasteiger partial charge in [0.15, 0.2) is 5.60 Å². The Hall–Kier alpha value is -1.57. The molecule has 2 heterocycles. The summed E-state index contributed by atoms with van der Waals surface area (Å²) in [5.74, 6) is 0.0383. The molecule has 29 heavy (non-hydrogen) atoms. The highest BCUT2D eigenvalue weighted by Gasteiger charge is 2.52. The van der Waals surface area contributed by atoms with Crippen LogP contribution in [0.1, 0.15) is 66.4 Å². The van der Waals surface area contributed by atoms with Gasteiger partial charge < -0.3 is 23.9 Å². The molecule has 0 saturated carbocycles. The summed E-state index contributed by atoms with van der Waals surface area (Å²) in [5, 5.41) is 10.7. The quantitative estimate of drug-likeness (QED) is 0.447. The molecule has 3 rings (SSSR count). The van der Waals surface area contributed by atoms with Crippen molar-refractivity contribution in [3.05, 3.63) is 23.8 Å². The van der Waals surface area contributed by atoms with Crippen LogP contribution in [0.15, 0.2) is 18.2 Å². The molecule has 1 aromatic rings. The first-order valence-electron chi connectivity index (χ1n) is 10.5. The van der Waals surface area contributed by atoms with E-state index >= 15 is 0 Å². The Kier molecular flexibility index (Phi) is 6.05. The van der Waals surface area contributed by atoms with Crippen molar-refractivity contribution in [3.63, 3.8) is 0 Å². The van der Waals surface area contributed by atoms with Gasteiger partial charge in [-0.2, -0.15) is 0 Å². The van der Waals surface area contributed by atoms with E-state index in [1.807, 2.05) is 52.8 Å². The van der Waals surface area contributed by atoms with Gasteiger partial charge in [0.2, 0.25) is 0 Å². The maximum absolute atomic E-state index is 12.3. The van der Waals surface area contributed by atoms with E-state index in [1.165, 1.54) is 6.92 Å². The zero-order chi connectivity index (χ0) is 21.4. The van der Waals surface area contributed by atoms with Crippen LogP contribution in [0.25, 0.3) is 0 Å². The van der Waals surface area contributed by atoms with Crippen LogP contribution in [-0.2, 0) is 25.3 Å². The molecule has 1 N–H and O–H groups in total. The average molecular weight is 404 g/mol. The highest BCUT2D eigenvalue weighted by molar-refractivity contribution is 6.62. The molecule has 1 fully saturated rings. The topological polar surface area (TPSA) is 74.2 Å². The number of hydrogen-bond acceptors (Lipinski definition) is 6. The Labute approximate surface area is 174 Å². The summed E-state index contributed by atoms with van der Waals surface area (Å²) in [7, 11) is -0.431. The average Bonchev–Trinajstić information content (AvgIpc) is 2.88. The van der Waals surface area contributed by atoms with Crippen molar-refractivity contribution in [3.8, 4) is 5.75 Å². The number of ether oxygens (including phenoxy) is 2. The third-order valence-electron chi connectivity index (χ3n) is 6.33. The maximum Gasteiger partial charge on any atom is 0.494 e.